The first-order valence-corrected chi connectivity index (χ1v) is 6.27. The van der Waals surface area contributed by atoms with Crippen molar-refractivity contribution in [1.29, 1.82) is 0 Å². The molecule has 2 aliphatic carbocycles. The third kappa shape index (κ3) is 1.52. The monoisotopic (exact) mass is 218 g/mol. The van der Waals surface area contributed by atoms with Crippen LogP contribution >= 0.6 is 0 Å². The van der Waals surface area contributed by atoms with Gasteiger partial charge in [-0.05, 0) is 55.7 Å². The second-order valence-corrected chi connectivity index (χ2v) is 5.19. The van der Waals surface area contributed by atoms with Crippen molar-refractivity contribution >= 4 is 0 Å². The minimum absolute atomic E-state index is 0.292. The van der Waals surface area contributed by atoms with Gasteiger partial charge in [-0.25, -0.2) is 0 Å². The molecule has 2 aliphatic rings. The highest BCUT2D eigenvalue weighted by Gasteiger charge is 2.45. The van der Waals surface area contributed by atoms with Crippen LogP contribution in [0.4, 0.5) is 0 Å². The van der Waals surface area contributed by atoms with E-state index in [0.717, 1.165) is 31.2 Å². The molecule has 3 rings (SSSR count). The number of hydrogen-bond acceptors (Lipinski definition) is 2. The van der Waals surface area contributed by atoms with Crippen LogP contribution in [0.1, 0.15) is 48.8 Å². The van der Waals surface area contributed by atoms with E-state index in [4.69, 9.17) is 0 Å². The zero-order valence-electron chi connectivity index (χ0n) is 9.50. The van der Waals surface area contributed by atoms with Crippen molar-refractivity contribution in [3.05, 3.63) is 28.8 Å². The van der Waals surface area contributed by atoms with Crippen molar-refractivity contribution < 1.29 is 10.2 Å². The first-order valence-electron chi connectivity index (χ1n) is 6.27. The molecule has 0 amide bonds. The molecule has 0 aromatic heterocycles. The lowest BCUT2D eigenvalue weighted by molar-refractivity contribution is 0.146. The number of phenolic OH excluding ortho intramolecular Hbond substituents is 1. The molecule has 16 heavy (non-hydrogen) atoms. The Morgan fingerprint density at radius 1 is 1.00 bits per heavy atom. The molecule has 86 valence electrons. The number of aryl methyl sites for hydroxylation is 1. The van der Waals surface area contributed by atoms with Gasteiger partial charge in [0.2, 0.25) is 0 Å². The summed E-state index contributed by atoms with van der Waals surface area (Å²) < 4.78 is 0. The third-order valence-electron chi connectivity index (χ3n) is 3.95. The summed E-state index contributed by atoms with van der Waals surface area (Å²) in [5.74, 6) is 0.292. The highest BCUT2D eigenvalue weighted by molar-refractivity contribution is 5.50. The normalized spacial score (nSPS) is 22.3. The molecule has 0 saturated heterocycles. The van der Waals surface area contributed by atoms with Crippen molar-refractivity contribution in [3.8, 4) is 5.75 Å². The van der Waals surface area contributed by atoms with Crippen LogP contribution in [0.15, 0.2) is 12.1 Å². The van der Waals surface area contributed by atoms with Crippen molar-refractivity contribution in [1.82, 2.24) is 0 Å². The van der Waals surface area contributed by atoms with E-state index in [0.29, 0.717) is 5.75 Å². The number of aromatic hydroxyl groups is 1. The van der Waals surface area contributed by atoms with E-state index in [2.05, 4.69) is 0 Å². The van der Waals surface area contributed by atoms with Crippen molar-refractivity contribution in [3.63, 3.8) is 0 Å². The number of hydrogen-bond donors (Lipinski definition) is 2. The van der Waals surface area contributed by atoms with E-state index in [9.17, 15) is 10.2 Å². The van der Waals surface area contributed by atoms with Gasteiger partial charge in [0.05, 0.1) is 5.60 Å². The molecule has 0 unspecified atom stereocenters. The van der Waals surface area contributed by atoms with E-state index >= 15 is 0 Å². The Hall–Kier alpha value is -1.02. The number of aliphatic hydroxyl groups is 1. The van der Waals surface area contributed by atoms with Gasteiger partial charge in [0, 0.05) is 5.56 Å². The summed E-state index contributed by atoms with van der Waals surface area (Å²) in [4.78, 5) is 0. The van der Waals surface area contributed by atoms with Gasteiger partial charge in [-0.2, -0.15) is 0 Å². The summed E-state index contributed by atoms with van der Waals surface area (Å²) in [6, 6.07) is 3.79. The molecule has 1 aromatic rings. The summed E-state index contributed by atoms with van der Waals surface area (Å²) >= 11 is 0. The average molecular weight is 218 g/mol. The molecule has 1 fully saturated rings. The van der Waals surface area contributed by atoms with E-state index in [-0.39, 0.29) is 0 Å². The summed E-state index contributed by atoms with van der Waals surface area (Å²) in [6.45, 7) is 0. The van der Waals surface area contributed by atoms with Gasteiger partial charge in [-0.15, -0.1) is 0 Å². The number of benzene rings is 1. The van der Waals surface area contributed by atoms with E-state index in [1.165, 1.54) is 30.4 Å². The lowest BCUT2D eigenvalue weighted by Gasteiger charge is -2.18. The van der Waals surface area contributed by atoms with Gasteiger partial charge >= 0.3 is 0 Å². The fourth-order valence-electron chi connectivity index (χ4n) is 2.88. The van der Waals surface area contributed by atoms with Gasteiger partial charge < -0.3 is 10.2 Å². The van der Waals surface area contributed by atoms with Crippen molar-refractivity contribution in [2.24, 2.45) is 0 Å². The summed E-state index contributed by atoms with van der Waals surface area (Å²) in [6.07, 6.45) is 7.39. The molecule has 1 saturated carbocycles. The minimum atomic E-state index is -0.709. The number of rotatable bonds is 1. The van der Waals surface area contributed by atoms with Crippen molar-refractivity contribution in [2.45, 2.75) is 50.5 Å². The Bertz CT molecular complexity index is 419. The molecule has 0 spiro atoms. The maximum absolute atomic E-state index is 10.3. The fraction of sp³-hybridized carbons (Fsp3) is 0.571. The Morgan fingerprint density at radius 3 is 2.50 bits per heavy atom. The van der Waals surface area contributed by atoms with Gasteiger partial charge in [0.25, 0.3) is 0 Å². The predicted molar refractivity (Wildman–Crippen MR) is 62.5 cm³/mol. The second-order valence-electron chi connectivity index (χ2n) is 5.19. The predicted octanol–water partition coefficient (Wildman–Crippen LogP) is 2.64. The highest BCUT2D eigenvalue weighted by Crippen LogP contribution is 2.51. The maximum Gasteiger partial charge on any atom is 0.121 e. The molecule has 1 aromatic carbocycles. The summed E-state index contributed by atoms with van der Waals surface area (Å²) in [7, 11) is 0. The van der Waals surface area contributed by atoms with Gasteiger partial charge in [-0.1, -0.05) is 12.5 Å². The molecule has 0 atom stereocenters. The molecule has 2 heteroatoms. The Kier molecular flexibility index (Phi) is 2.21. The molecule has 2 N–H and O–H groups in total. The average Bonchev–Trinajstić information content (AvgIpc) is 3.02. The SMILES string of the molecule is Oc1ccc2c(c1C1(O)CC1)CCCCC2. The van der Waals surface area contributed by atoms with E-state index in [1.807, 2.05) is 6.07 Å². The van der Waals surface area contributed by atoms with Gasteiger partial charge in [0.1, 0.15) is 5.75 Å². The van der Waals surface area contributed by atoms with Crippen LogP contribution in [0.5, 0.6) is 5.75 Å². The smallest absolute Gasteiger partial charge is 0.121 e. The first kappa shape index (κ1) is 10.2. The molecule has 2 nitrogen and oxygen atoms in total. The van der Waals surface area contributed by atoms with Crippen molar-refractivity contribution in [2.75, 3.05) is 0 Å². The van der Waals surface area contributed by atoms with Crippen LogP contribution in [0.25, 0.3) is 0 Å². The zero-order valence-corrected chi connectivity index (χ0v) is 9.50. The zero-order chi connectivity index (χ0) is 11.2. The largest absolute Gasteiger partial charge is 0.508 e. The lowest BCUT2D eigenvalue weighted by atomic mass is 9.92. The minimum Gasteiger partial charge on any atom is -0.508 e. The Balaban J connectivity index is 2.14. The standard InChI is InChI=1S/C14H18O2/c15-12-7-6-10-4-2-1-3-5-11(10)13(12)14(16)8-9-14/h6-7,15-16H,1-5,8-9H2. The molecule has 0 bridgehead atoms. The van der Waals surface area contributed by atoms with Gasteiger partial charge in [0.15, 0.2) is 0 Å². The van der Waals surface area contributed by atoms with Gasteiger partial charge in [-0.3, -0.25) is 0 Å². The van der Waals surface area contributed by atoms with Crippen LogP contribution < -0.4 is 0 Å². The second kappa shape index (κ2) is 3.49. The van der Waals surface area contributed by atoms with Crippen LogP contribution in [0.2, 0.25) is 0 Å². The third-order valence-corrected chi connectivity index (χ3v) is 3.95. The Labute approximate surface area is 95.9 Å². The summed E-state index contributed by atoms with van der Waals surface area (Å²) in [5, 5.41) is 20.2. The molecule has 0 aliphatic heterocycles. The van der Waals surface area contributed by atoms with Crippen LogP contribution in [0.3, 0.4) is 0 Å². The highest BCUT2D eigenvalue weighted by atomic mass is 16.3. The topological polar surface area (TPSA) is 40.5 Å². The van der Waals surface area contributed by atoms with Crippen LogP contribution in [-0.2, 0) is 18.4 Å². The first-order chi connectivity index (χ1) is 7.71. The van der Waals surface area contributed by atoms with E-state index in [1.54, 1.807) is 6.07 Å². The quantitative estimate of drug-likeness (QED) is 0.711. The number of fused-ring (bicyclic) bond motifs is 1. The lowest BCUT2D eigenvalue weighted by Crippen LogP contribution is -2.10. The Morgan fingerprint density at radius 2 is 1.75 bits per heavy atom. The fourth-order valence-corrected chi connectivity index (χ4v) is 2.88. The maximum atomic E-state index is 10.3. The number of phenols is 1. The van der Waals surface area contributed by atoms with Crippen LogP contribution in [-0.4, -0.2) is 10.2 Å². The van der Waals surface area contributed by atoms with Crippen LogP contribution in [0, 0.1) is 0 Å². The van der Waals surface area contributed by atoms with E-state index < -0.39 is 5.60 Å². The molecular formula is C14H18O2. The molecule has 0 heterocycles. The molecular weight excluding hydrogens is 200 g/mol. The summed E-state index contributed by atoms with van der Waals surface area (Å²) in [5.41, 5.74) is 2.70. The molecule has 0 radical (unpaired) electrons.